The van der Waals surface area contributed by atoms with Crippen LogP contribution in [0.25, 0.3) is 0 Å². The number of sulfone groups is 1. The number of likely N-dealkylation sites (N-methyl/N-ethyl adjacent to an activating group) is 1. The summed E-state index contributed by atoms with van der Waals surface area (Å²) < 4.78 is 59.6. The maximum absolute atomic E-state index is 11.1. The van der Waals surface area contributed by atoms with E-state index in [0.29, 0.717) is 18.8 Å². The van der Waals surface area contributed by atoms with Crippen molar-refractivity contribution in [3.63, 3.8) is 0 Å². The van der Waals surface area contributed by atoms with Gasteiger partial charge in [0.15, 0.2) is 9.84 Å². The molecule has 1 heterocycles. The molecule has 0 aromatic carbocycles. The van der Waals surface area contributed by atoms with E-state index in [9.17, 15) is 21.4 Å². The van der Waals surface area contributed by atoms with Crippen LogP contribution >= 0.6 is 0 Å². The number of rotatable bonds is 5. The van der Waals surface area contributed by atoms with Crippen molar-refractivity contribution >= 4 is 20.2 Å². The Hall–Kier alpha value is -0.260. The second kappa shape index (κ2) is 7.66. The summed E-state index contributed by atoms with van der Waals surface area (Å²) in [5.74, 6) is 0.506. The SMILES string of the molecule is COS(=O)(=O)[O-].C[N+](C)(C)CCOC1CCS(=O)(=O)C1. The molecule has 0 spiro atoms. The Morgan fingerprint density at radius 1 is 1.30 bits per heavy atom. The predicted molar refractivity (Wildman–Crippen MR) is 72.6 cm³/mol. The quantitative estimate of drug-likeness (QED) is 0.360. The van der Waals surface area contributed by atoms with Gasteiger partial charge in [0, 0.05) is 0 Å². The molecule has 122 valence electrons. The Kier molecular flexibility index (Phi) is 7.56. The zero-order chi connectivity index (χ0) is 16.0. The minimum absolute atomic E-state index is 0.0634. The van der Waals surface area contributed by atoms with Crippen molar-refractivity contribution in [2.24, 2.45) is 0 Å². The van der Waals surface area contributed by atoms with Gasteiger partial charge in [0.25, 0.3) is 0 Å². The highest BCUT2D eigenvalue weighted by molar-refractivity contribution is 7.91. The topological polar surface area (TPSA) is 110 Å². The van der Waals surface area contributed by atoms with E-state index in [2.05, 4.69) is 25.3 Å². The maximum atomic E-state index is 11.1. The average Bonchev–Trinajstić information content (AvgIpc) is 2.56. The molecule has 1 rings (SSSR count). The van der Waals surface area contributed by atoms with Crippen molar-refractivity contribution in [1.82, 2.24) is 0 Å². The molecule has 0 aromatic rings. The molecule has 8 nitrogen and oxygen atoms in total. The van der Waals surface area contributed by atoms with Crippen LogP contribution in [0.15, 0.2) is 0 Å². The Morgan fingerprint density at radius 2 is 1.80 bits per heavy atom. The van der Waals surface area contributed by atoms with Crippen LogP contribution in [0.5, 0.6) is 0 Å². The van der Waals surface area contributed by atoms with Crippen molar-refractivity contribution in [3.05, 3.63) is 0 Å². The van der Waals surface area contributed by atoms with Crippen LogP contribution < -0.4 is 0 Å². The van der Waals surface area contributed by atoms with Gasteiger partial charge in [-0.25, -0.2) is 16.8 Å². The fourth-order valence-electron chi connectivity index (χ4n) is 1.39. The van der Waals surface area contributed by atoms with Gasteiger partial charge in [0.05, 0.1) is 52.5 Å². The normalized spacial score (nSPS) is 22.1. The van der Waals surface area contributed by atoms with Gasteiger partial charge in [-0.2, -0.15) is 0 Å². The van der Waals surface area contributed by atoms with Gasteiger partial charge in [0.2, 0.25) is 10.4 Å². The molecular formula is C10H23NO7S2. The third kappa shape index (κ3) is 11.6. The van der Waals surface area contributed by atoms with E-state index in [4.69, 9.17) is 4.74 Å². The molecule has 0 radical (unpaired) electrons. The van der Waals surface area contributed by atoms with Crippen LogP contribution in [-0.4, -0.2) is 84.9 Å². The molecule has 1 atom stereocenters. The van der Waals surface area contributed by atoms with E-state index < -0.39 is 20.2 Å². The fourth-order valence-corrected chi connectivity index (χ4v) is 3.00. The molecule has 0 amide bonds. The monoisotopic (exact) mass is 333 g/mol. The Labute approximate surface area is 121 Å². The van der Waals surface area contributed by atoms with Gasteiger partial charge in [-0.1, -0.05) is 0 Å². The molecule has 1 aliphatic heterocycles. The lowest BCUT2D eigenvalue weighted by Crippen LogP contribution is -2.38. The fraction of sp³-hybridized carbons (Fsp3) is 1.00. The summed E-state index contributed by atoms with van der Waals surface area (Å²) >= 11 is 0. The molecule has 1 saturated heterocycles. The van der Waals surface area contributed by atoms with E-state index in [1.807, 2.05) is 0 Å². The number of quaternary nitrogens is 1. The first kappa shape index (κ1) is 19.7. The number of nitrogens with zero attached hydrogens (tertiary/aromatic N) is 1. The molecule has 0 aliphatic carbocycles. The van der Waals surface area contributed by atoms with E-state index in [1.54, 1.807) is 0 Å². The van der Waals surface area contributed by atoms with Crippen molar-refractivity contribution in [1.29, 1.82) is 0 Å². The lowest BCUT2D eigenvalue weighted by molar-refractivity contribution is -0.870. The number of hydrogen-bond donors (Lipinski definition) is 0. The van der Waals surface area contributed by atoms with Crippen LogP contribution in [0.4, 0.5) is 0 Å². The molecule has 0 bridgehead atoms. The Balaban J connectivity index is 0.000000511. The first-order valence-corrected chi connectivity index (χ1v) is 9.14. The molecule has 20 heavy (non-hydrogen) atoms. The van der Waals surface area contributed by atoms with Crippen molar-refractivity contribution in [3.8, 4) is 0 Å². The summed E-state index contributed by atoms with van der Waals surface area (Å²) in [6.45, 7) is 1.56. The smallest absolute Gasteiger partial charge is 0.217 e. The van der Waals surface area contributed by atoms with Gasteiger partial charge < -0.3 is 13.8 Å². The zero-order valence-electron chi connectivity index (χ0n) is 12.2. The highest BCUT2D eigenvalue weighted by Crippen LogP contribution is 2.14. The van der Waals surface area contributed by atoms with Crippen LogP contribution in [-0.2, 0) is 29.2 Å². The number of ether oxygens (including phenoxy) is 1. The average molecular weight is 333 g/mol. The largest absolute Gasteiger partial charge is 0.726 e. The first-order chi connectivity index (χ1) is 8.85. The lowest BCUT2D eigenvalue weighted by atomic mass is 10.3. The molecule has 1 aliphatic rings. The summed E-state index contributed by atoms with van der Waals surface area (Å²) in [4.78, 5) is 0. The van der Waals surface area contributed by atoms with Crippen molar-refractivity contribution in [2.75, 3.05) is 52.9 Å². The van der Waals surface area contributed by atoms with Crippen LogP contribution in [0.2, 0.25) is 0 Å². The summed E-state index contributed by atoms with van der Waals surface area (Å²) in [5, 5.41) is 0. The van der Waals surface area contributed by atoms with Crippen LogP contribution in [0.3, 0.4) is 0 Å². The molecule has 0 aromatic heterocycles. The molecule has 1 unspecified atom stereocenters. The summed E-state index contributed by atoms with van der Waals surface area (Å²) in [6.07, 6.45) is 0.603. The van der Waals surface area contributed by atoms with E-state index in [-0.39, 0.29) is 11.9 Å². The van der Waals surface area contributed by atoms with Gasteiger partial charge in [0.1, 0.15) is 6.54 Å². The van der Waals surface area contributed by atoms with Crippen LogP contribution in [0.1, 0.15) is 6.42 Å². The van der Waals surface area contributed by atoms with Gasteiger partial charge in [-0.05, 0) is 6.42 Å². The summed E-state index contributed by atoms with van der Waals surface area (Å²) in [7, 11) is -0.120. The zero-order valence-corrected chi connectivity index (χ0v) is 13.9. The van der Waals surface area contributed by atoms with Crippen molar-refractivity contribution in [2.45, 2.75) is 12.5 Å². The second-order valence-corrected chi connectivity index (χ2v) is 8.86. The van der Waals surface area contributed by atoms with E-state index in [1.165, 1.54) is 0 Å². The van der Waals surface area contributed by atoms with Gasteiger partial charge in [-0.3, -0.25) is 4.18 Å². The maximum Gasteiger partial charge on any atom is 0.217 e. The lowest BCUT2D eigenvalue weighted by Gasteiger charge is -2.24. The molecule has 1 fully saturated rings. The van der Waals surface area contributed by atoms with E-state index >= 15 is 0 Å². The third-order valence-corrected chi connectivity index (χ3v) is 4.66. The van der Waals surface area contributed by atoms with Gasteiger partial charge >= 0.3 is 0 Å². The number of hydrogen-bond acceptors (Lipinski definition) is 7. The highest BCUT2D eigenvalue weighted by Gasteiger charge is 2.28. The van der Waals surface area contributed by atoms with E-state index in [0.717, 1.165) is 18.1 Å². The summed E-state index contributed by atoms with van der Waals surface area (Å²) in [5.41, 5.74) is 0. The van der Waals surface area contributed by atoms with Gasteiger partial charge in [-0.15, -0.1) is 0 Å². The minimum Gasteiger partial charge on any atom is -0.726 e. The highest BCUT2D eigenvalue weighted by atomic mass is 32.3. The minimum atomic E-state index is -4.41. The summed E-state index contributed by atoms with van der Waals surface area (Å²) in [6, 6.07) is 0. The Morgan fingerprint density at radius 3 is 2.10 bits per heavy atom. The Bertz CT molecular complexity index is 478. The molecular weight excluding hydrogens is 310 g/mol. The first-order valence-electron chi connectivity index (χ1n) is 5.98. The van der Waals surface area contributed by atoms with Crippen LogP contribution in [0, 0.1) is 0 Å². The predicted octanol–water partition coefficient (Wildman–Crippen LogP) is -1.01. The second-order valence-electron chi connectivity index (χ2n) is 5.48. The molecule has 10 heteroatoms. The standard InChI is InChI=1S/C9H20NO3S.CH4O4S/c1-10(2,3)5-6-13-9-4-7-14(11,12)8-9;1-5-6(2,3)4/h9H,4-8H2,1-3H3;1H3,(H,2,3,4)/q+1;/p-1. The molecule has 0 saturated carbocycles. The third-order valence-electron chi connectivity index (χ3n) is 2.51. The molecule has 0 N–H and O–H groups in total. The van der Waals surface area contributed by atoms with Crippen molar-refractivity contribution < 1.29 is 34.8 Å².